The fourth-order valence-corrected chi connectivity index (χ4v) is 4.39. The number of nitrogens with zero attached hydrogens (tertiary/aromatic N) is 4. The maximum absolute atomic E-state index is 12.8. The topological polar surface area (TPSA) is 114 Å². The van der Waals surface area contributed by atoms with Crippen molar-refractivity contribution in [1.29, 1.82) is 0 Å². The van der Waals surface area contributed by atoms with Crippen molar-refractivity contribution in [3.63, 3.8) is 0 Å². The van der Waals surface area contributed by atoms with Gasteiger partial charge in [-0.2, -0.15) is 0 Å². The van der Waals surface area contributed by atoms with E-state index in [0.29, 0.717) is 35.0 Å². The zero-order valence-corrected chi connectivity index (χ0v) is 15.8. The maximum atomic E-state index is 12.8. The Balaban J connectivity index is 1.41. The molecular formula is C16H17ClN5O4P. The van der Waals surface area contributed by atoms with Gasteiger partial charge in [0.25, 0.3) is 0 Å². The first-order valence-electron chi connectivity index (χ1n) is 8.28. The van der Waals surface area contributed by atoms with Crippen LogP contribution >= 0.6 is 19.4 Å². The van der Waals surface area contributed by atoms with E-state index in [1.165, 1.54) is 6.33 Å². The number of fused-ring (bicyclic) bond motifs is 1. The molecule has 2 atom stereocenters. The zero-order chi connectivity index (χ0) is 18.9. The molecule has 0 radical (unpaired) electrons. The fourth-order valence-electron chi connectivity index (χ4n) is 2.83. The van der Waals surface area contributed by atoms with Crippen molar-refractivity contribution in [1.82, 2.24) is 19.5 Å². The Morgan fingerprint density at radius 2 is 2.26 bits per heavy atom. The van der Waals surface area contributed by atoms with E-state index in [9.17, 15) is 4.57 Å². The van der Waals surface area contributed by atoms with Gasteiger partial charge < -0.3 is 10.3 Å². The van der Waals surface area contributed by atoms with Crippen molar-refractivity contribution >= 4 is 36.4 Å². The third-order valence-corrected chi connectivity index (χ3v) is 5.86. The Morgan fingerprint density at radius 3 is 3.11 bits per heavy atom. The van der Waals surface area contributed by atoms with E-state index in [-0.39, 0.29) is 13.2 Å². The minimum Gasteiger partial charge on any atom is -0.382 e. The number of nitrogens with two attached hydrogens (primary N) is 1. The molecule has 1 saturated heterocycles. The number of anilines is 1. The summed E-state index contributed by atoms with van der Waals surface area (Å²) in [5, 5.41) is 0.589. The van der Waals surface area contributed by atoms with E-state index in [1.54, 1.807) is 23.0 Å². The second-order valence-electron chi connectivity index (χ2n) is 5.92. The fraction of sp³-hybridized carbons (Fsp3) is 0.312. The molecule has 1 aliphatic rings. The van der Waals surface area contributed by atoms with Gasteiger partial charge >= 0.3 is 7.82 Å². The highest BCUT2D eigenvalue weighted by molar-refractivity contribution is 7.48. The van der Waals surface area contributed by atoms with E-state index in [0.717, 1.165) is 5.56 Å². The summed E-state index contributed by atoms with van der Waals surface area (Å²) in [7, 11) is -3.67. The van der Waals surface area contributed by atoms with E-state index in [2.05, 4.69) is 15.0 Å². The van der Waals surface area contributed by atoms with Crippen LogP contribution in [0.4, 0.5) is 5.82 Å². The summed E-state index contributed by atoms with van der Waals surface area (Å²) in [5.41, 5.74) is 7.69. The van der Waals surface area contributed by atoms with Crippen LogP contribution < -0.4 is 5.73 Å². The van der Waals surface area contributed by atoms with Crippen molar-refractivity contribution in [3.8, 4) is 0 Å². The smallest absolute Gasteiger partial charge is 0.382 e. The van der Waals surface area contributed by atoms with Crippen molar-refractivity contribution in [3.05, 3.63) is 47.5 Å². The number of hydrogen-bond donors (Lipinski definition) is 1. The van der Waals surface area contributed by atoms with Gasteiger partial charge in [-0.3, -0.25) is 13.6 Å². The van der Waals surface area contributed by atoms with Crippen LogP contribution in [0, 0.1) is 0 Å². The lowest BCUT2D eigenvalue weighted by molar-refractivity contribution is 0.0274. The minimum atomic E-state index is -3.67. The highest BCUT2D eigenvalue weighted by atomic mass is 35.5. The second-order valence-corrected chi connectivity index (χ2v) is 7.98. The SMILES string of the molecule is Nc1ncnc2c1ncn2CCOP1(=O)OCCC(c2cccc(Cl)c2)O1. The van der Waals surface area contributed by atoms with Crippen LogP contribution in [0.15, 0.2) is 36.9 Å². The van der Waals surface area contributed by atoms with Gasteiger partial charge in [0.2, 0.25) is 0 Å². The molecule has 1 aliphatic heterocycles. The molecule has 0 spiro atoms. The summed E-state index contributed by atoms with van der Waals surface area (Å²) < 4.78 is 30.9. The maximum Gasteiger partial charge on any atom is 0.475 e. The minimum absolute atomic E-state index is 0.0922. The molecule has 0 bridgehead atoms. The Kier molecular flexibility index (Phi) is 5.12. The van der Waals surface area contributed by atoms with Gasteiger partial charge in [0, 0.05) is 18.0 Å². The highest BCUT2D eigenvalue weighted by Gasteiger charge is 2.36. The Hall–Kier alpha value is -2.03. The molecule has 0 aliphatic carbocycles. The largest absolute Gasteiger partial charge is 0.475 e. The molecule has 4 rings (SSSR count). The van der Waals surface area contributed by atoms with Crippen LogP contribution in [-0.2, 0) is 24.7 Å². The molecule has 142 valence electrons. The third kappa shape index (κ3) is 3.97. The zero-order valence-electron chi connectivity index (χ0n) is 14.2. The number of phosphoric acid groups is 1. The predicted molar refractivity (Wildman–Crippen MR) is 99.1 cm³/mol. The van der Waals surface area contributed by atoms with Crippen LogP contribution in [0.2, 0.25) is 5.02 Å². The highest BCUT2D eigenvalue weighted by Crippen LogP contribution is 2.56. The van der Waals surface area contributed by atoms with Crippen LogP contribution in [0.5, 0.6) is 0 Å². The number of imidazole rings is 1. The first-order valence-corrected chi connectivity index (χ1v) is 10.1. The van der Waals surface area contributed by atoms with Crippen LogP contribution in [0.3, 0.4) is 0 Å². The Morgan fingerprint density at radius 1 is 1.37 bits per heavy atom. The first kappa shape index (κ1) is 18.3. The van der Waals surface area contributed by atoms with Gasteiger partial charge in [-0.1, -0.05) is 23.7 Å². The predicted octanol–water partition coefficient (Wildman–Crippen LogP) is 3.36. The summed E-state index contributed by atoms with van der Waals surface area (Å²) in [6, 6.07) is 7.24. The molecule has 1 fully saturated rings. The molecule has 2 unspecified atom stereocenters. The lowest BCUT2D eigenvalue weighted by atomic mass is 10.1. The average molecular weight is 410 g/mol. The van der Waals surface area contributed by atoms with Crippen molar-refractivity contribution in [2.75, 3.05) is 18.9 Å². The standard InChI is InChI=1S/C16H17ClN5O4P/c17-12-3-1-2-11(8-12)13-4-6-24-27(23,26-13)25-7-5-22-10-21-14-15(18)19-9-20-16(14)22/h1-3,8-10,13H,4-7H2,(H2,18,19,20). The summed E-state index contributed by atoms with van der Waals surface area (Å²) in [6.07, 6.45) is 3.11. The molecule has 1 aromatic carbocycles. The van der Waals surface area contributed by atoms with E-state index >= 15 is 0 Å². The van der Waals surface area contributed by atoms with Gasteiger partial charge in [0.15, 0.2) is 11.5 Å². The van der Waals surface area contributed by atoms with E-state index in [4.69, 9.17) is 30.9 Å². The first-order chi connectivity index (χ1) is 13.0. The lowest BCUT2D eigenvalue weighted by Crippen LogP contribution is -2.16. The quantitative estimate of drug-likeness (QED) is 0.638. The number of benzene rings is 1. The van der Waals surface area contributed by atoms with Crippen LogP contribution in [0.25, 0.3) is 11.2 Å². The summed E-state index contributed by atoms with van der Waals surface area (Å²) >= 11 is 6.02. The van der Waals surface area contributed by atoms with Gasteiger partial charge in [-0.15, -0.1) is 0 Å². The molecule has 3 heterocycles. The van der Waals surface area contributed by atoms with E-state index < -0.39 is 13.9 Å². The number of nitrogen functional groups attached to an aromatic ring is 1. The normalized spacial score (nSPS) is 22.9. The number of halogens is 1. The number of phosphoric ester groups is 1. The molecule has 3 aromatic rings. The molecule has 9 nitrogen and oxygen atoms in total. The number of rotatable bonds is 5. The van der Waals surface area contributed by atoms with Gasteiger partial charge in [0.1, 0.15) is 11.8 Å². The van der Waals surface area contributed by atoms with E-state index in [1.807, 2.05) is 12.1 Å². The van der Waals surface area contributed by atoms with Crippen molar-refractivity contribution in [2.45, 2.75) is 19.1 Å². The van der Waals surface area contributed by atoms with Crippen LogP contribution in [-0.4, -0.2) is 32.7 Å². The van der Waals surface area contributed by atoms with Crippen molar-refractivity contribution < 1.29 is 18.1 Å². The molecule has 11 heteroatoms. The molecular weight excluding hydrogens is 393 g/mol. The molecule has 0 saturated carbocycles. The average Bonchev–Trinajstić information content (AvgIpc) is 3.06. The molecule has 2 aromatic heterocycles. The molecule has 0 amide bonds. The summed E-state index contributed by atoms with van der Waals surface area (Å²) in [4.78, 5) is 12.2. The molecule has 27 heavy (non-hydrogen) atoms. The number of aromatic nitrogens is 4. The van der Waals surface area contributed by atoms with Gasteiger partial charge in [0.05, 0.1) is 25.6 Å². The van der Waals surface area contributed by atoms with Crippen LogP contribution in [0.1, 0.15) is 18.1 Å². The van der Waals surface area contributed by atoms with Gasteiger partial charge in [-0.25, -0.2) is 19.5 Å². The second kappa shape index (κ2) is 7.53. The Labute approximate surface area is 160 Å². The Bertz CT molecular complexity index is 1010. The monoisotopic (exact) mass is 409 g/mol. The summed E-state index contributed by atoms with van der Waals surface area (Å²) in [5.74, 6) is 0.302. The lowest BCUT2D eigenvalue weighted by Gasteiger charge is -2.29. The van der Waals surface area contributed by atoms with Gasteiger partial charge in [-0.05, 0) is 17.7 Å². The number of hydrogen-bond acceptors (Lipinski definition) is 8. The van der Waals surface area contributed by atoms with Crippen molar-refractivity contribution in [2.24, 2.45) is 0 Å². The third-order valence-electron chi connectivity index (χ3n) is 4.12. The summed E-state index contributed by atoms with van der Waals surface area (Å²) in [6.45, 7) is 0.715. The molecule has 2 N–H and O–H groups in total.